The molecule has 0 aliphatic carbocycles. The molecule has 0 unspecified atom stereocenters. The van der Waals surface area contributed by atoms with Crippen LogP contribution < -0.4 is 10.2 Å². The molecule has 0 aliphatic heterocycles. The molecule has 20 heavy (non-hydrogen) atoms. The van der Waals surface area contributed by atoms with Gasteiger partial charge < -0.3 is 10.2 Å². The summed E-state index contributed by atoms with van der Waals surface area (Å²) in [6.45, 7) is 2.92. The number of aryl methyl sites for hydroxylation is 1. The van der Waals surface area contributed by atoms with Gasteiger partial charge in [0.2, 0.25) is 0 Å². The van der Waals surface area contributed by atoms with Crippen molar-refractivity contribution in [3.8, 4) is 0 Å². The fourth-order valence-corrected chi connectivity index (χ4v) is 2.66. The average molecular weight is 398 g/mol. The van der Waals surface area contributed by atoms with Gasteiger partial charge in [0.1, 0.15) is 0 Å². The summed E-state index contributed by atoms with van der Waals surface area (Å²) in [5.74, 6) is 0. The molecule has 0 bridgehead atoms. The molecule has 0 amide bonds. The quantitative estimate of drug-likeness (QED) is 0.762. The van der Waals surface area contributed by atoms with E-state index in [1.165, 1.54) is 16.8 Å². The van der Waals surface area contributed by atoms with Crippen LogP contribution in [0.2, 0.25) is 0 Å². The van der Waals surface area contributed by atoms with Gasteiger partial charge in [-0.1, -0.05) is 44.0 Å². The second-order valence-electron chi connectivity index (χ2n) is 4.99. The standard InChI is InChI=1S/C16H18Br2N2/c1-11-8-12(4-6-14(11)18)10-19-15-9-13(17)5-7-16(15)20(2)3/h4-9,19H,10H2,1-3H3. The van der Waals surface area contributed by atoms with E-state index in [4.69, 9.17) is 0 Å². The highest BCUT2D eigenvalue weighted by Gasteiger charge is 2.05. The first-order valence-corrected chi connectivity index (χ1v) is 8.02. The molecule has 106 valence electrons. The van der Waals surface area contributed by atoms with Crippen LogP contribution in [0.15, 0.2) is 45.3 Å². The van der Waals surface area contributed by atoms with E-state index in [1.807, 2.05) is 0 Å². The SMILES string of the molecule is Cc1cc(CNc2cc(Br)ccc2N(C)C)ccc1Br. The van der Waals surface area contributed by atoms with Crippen LogP contribution >= 0.6 is 31.9 Å². The van der Waals surface area contributed by atoms with Crippen LogP contribution in [-0.4, -0.2) is 14.1 Å². The van der Waals surface area contributed by atoms with E-state index < -0.39 is 0 Å². The van der Waals surface area contributed by atoms with Crippen LogP contribution in [0.4, 0.5) is 11.4 Å². The second-order valence-corrected chi connectivity index (χ2v) is 6.76. The van der Waals surface area contributed by atoms with Crippen molar-refractivity contribution in [2.24, 2.45) is 0 Å². The van der Waals surface area contributed by atoms with Crippen molar-refractivity contribution < 1.29 is 0 Å². The van der Waals surface area contributed by atoms with Crippen molar-refractivity contribution >= 4 is 43.2 Å². The van der Waals surface area contributed by atoms with Crippen LogP contribution in [-0.2, 0) is 6.54 Å². The molecular formula is C16H18Br2N2. The van der Waals surface area contributed by atoms with Crippen LogP contribution in [0, 0.1) is 6.92 Å². The minimum atomic E-state index is 0.811. The lowest BCUT2D eigenvalue weighted by atomic mass is 10.1. The third-order valence-corrected chi connectivity index (χ3v) is 4.53. The number of nitrogens with zero attached hydrogens (tertiary/aromatic N) is 1. The Morgan fingerprint density at radius 3 is 2.45 bits per heavy atom. The van der Waals surface area contributed by atoms with Gasteiger partial charge in [-0.15, -0.1) is 0 Å². The van der Waals surface area contributed by atoms with E-state index in [0.717, 1.165) is 21.2 Å². The molecule has 0 spiro atoms. The molecule has 0 saturated carbocycles. The van der Waals surface area contributed by atoms with Crippen molar-refractivity contribution in [2.75, 3.05) is 24.3 Å². The van der Waals surface area contributed by atoms with Crippen molar-refractivity contribution in [1.29, 1.82) is 0 Å². The number of halogens is 2. The zero-order valence-corrected chi connectivity index (χ0v) is 15.0. The lowest BCUT2D eigenvalue weighted by molar-refractivity contribution is 1.10. The Morgan fingerprint density at radius 2 is 1.80 bits per heavy atom. The zero-order valence-electron chi connectivity index (χ0n) is 11.9. The number of nitrogens with one attached hydrogen (secondary N) is 1. The molecule has 2 aromatic carbocycles. The van der Waals surface area contributed by atoms with E-state index in [0.29, 0.717) is 0 Å². The van der Waals surface area contributed by atoms with Crippen molar-refractivity contribution in [3.63, 3.8) is 0 Å². The van der Waals surface area contributed by atoms with Gasteiger partial charge in [0.15, 0.2) is 0 Å². The minimum Gasteiger partial charge on any atom is -0.379 e. The first-order chi connectivity index (χ1) is 9.47. The number of anilines is 2. The van der Waals surface area contributed by atoms with E-state index >= 15 is 0 Å². The van der Waals surface area contributed by atoms with E-state index in [-0.39, 0.29) is 0 Å². The molecule has 0 atom stereocenters. The van der Waals surface area contributed by atoms with Crippen molar-refractivity contribution in [2.45, 2.75) is 13.5 Å². The van der Waals surface area contributed by atoms with Gasteiger partial charge in [-0.3, -0.25) is 0 Å². The Bertz CT molecular complexity index is 609. The maximum Gasteiger partial charge on any atom is 0.0597 e. The van der Waals surface area contributed by atoms with Crippen molar-refractivity contribution in [3.05, 3.63) is 56.5 Å². The molecule has 4 heteroatoms. The Balaban J connectivity index is 2.17. The summed E-state index contributed by atoms with van der Waals surface area (Å²) in [6.07, 6.45) is 0. The smallest absolute Gasteiger partial charge is 0.0597 e. The summed E-state index contributed by atoms with van der Waals surface area (Å²) in [7, 11) is 4.11. The molecule has 0 aromatic heterocycles. The van der Waals surface area contributed by atoms with Gasteiger partial charge in [0.25, 0.3) is 0 Å². The predicted molar refractivity (Wildman–Crippen MR) is 94.7 cm³/mol. The van der Waals surface area contributed by atoms with E-state index in [1.54, 1.807) is 0 Å². The summed E-state index contributed by atoms with van der Waals surface area (Å²) in [5.41, 5.74) is 4.84. The highest BCUT2D eigenvalue weighted by atomic mass is 79.9. The highest BCUT2D eigenvalue weighted by molar-refractivity contribution is 9.10. The van der Waals surface area contributed by atoms with Gasteiger partial charge in [-0.25, -0.2) is 0 Å². The lowest BCUT2D eigenvalue weighted by Gasteiger charge is -2.19. The van der Waals surface area contributed by atoms with Gasteiger partial charge in [-0.05, 0) is 42.3 Å². The fourth-order valence-electron chi connectivity index (χ4n) is 2.05. The van der Waals surface area contributed by atoms with Crippen LogP contribution in [0.3, 0.4) is 0 Å². The van der Waals surface area contributed by atoms with Gasteiger partial charge in [-0.2, -0.15) is 0 Å². The maximum atomic E-state index is 3.53. The molecule has 2 nitrogen and oxygen atoms in total. The van der Waals surface area contributed by atoms with Crippen LogP contribution in [0.1, 0.15) is 11.1 Å². The first kappa shape index (κ1) is 15.4. The predicted octanol–water partition coefficient (Wildman–Crippen LogP) is 5.20. The summed E-state index contributed by atoms with van der Waals surface area (Å²) in [4.78, 5) is 2.11. The first-order valence-electron chi connectivity index (χ1n) is 6.43. The third-order valence-electron chi connectivity index (χ3n) is 3.15. The molecule has 0 saturated heterocycles. The number of hydrogen-bond donors (Lipinski definition) is 1. The molecule has 0 aliphatic rings. The maximum absolute atomic E-state index is 3.53. The summed E-state index contributed by atoms with van der Waals surface area (Å²) in [5, 5.41) is 3.51. The topological polar surface area (TPSA) is 15.3 Å². The molecule has 0 heterocycles. The molecular weight excluding hydrogens is 380 g/mol. The van der Waals surface area contributed by atoms with Gasteiger partial charge in [0, 0.05) is 29.6 Å². The third kappa shape index (κ3) is 3.76. The molecule has 2 rings (SSSR count). The number of hydrogen-bond acceptors (Lipinski definition) is 2. The second kappa shape index (κ2) is 6.64. The molecule has 0 radical (unpaired) electrons. The highest BCUT2D eigenvalue weighted by Crippen LogP contribution is 2.28. The minimum absolute atomic E-state index is 0.811. The van der Waals surface area contributed by atoms with Crippen LogP contribution in [0.5, 0.6) is 0 Å². The number of rotatable bonds is 4. The monoisotopic (exact) mass is 396 g/mol. The Kier molecular flexibility index (Phi) is 5.11. The molecule has 0 fully saturated rings. The van der Waals surface area contributed by atoms with E-state index in [9.17, 15) is 0 Å². The normalized spacial score (nSPS) is 10.4. The lowest BCUT2D eigenvalue weighted by Crippen LogP contribution is -2.12. The zero-order chi connectivity index (χ0) is 14.7. The molecule has 1 N–H and O–H groups in total. The fraction of sp³-hybridized carbons (Fsp3) is 0.250. The average Bonchev–Trinajstić information content (AvgIpc) is 2.40. The Morgan fingerprint density at radius 1 is 1.05 bits per heavy atom. The number of benzene rings is 2. The largest absolute Gasteiger partial charge is 0.379 e. The summed E-state index contributed by atoms with van der Waals surface area (Å²) < 4.78 is 2.23. The van der Waals surface area contributed by atoms with Crippen LogP contribution in [0.25, 0.3) is 0 Å². The van der Waals surface area contributed by atoms with E-state index in [2.05, 4.69) is 99.5 Å². The van der Waals surface area contributed by atoms with Crippen molar-refractivity contribution in [1.82, 2.24) is 0 Å². The van der Waals surface area contributed by atoms with Gasteiger partial charge in [0.05, 0.1) is 11.4 Å². The summed E-state index contributed by atoms with van der Waals surface area (Å²) >= 11 is 7.06. The summed E-state index contributed by atoms with van der Waals surface area (Å²) in [6, 6.07) is 12.7. The Labute approximate surface area is 137 Å². The van der Waals surface area contributed by atoms with Gasteiger partial charge >= 0.3 is 0 Å². The molecule has 2 aromatic rings. The Hall–Kier alpha value is -1.00.